The smallest absolute Gasteiger partial charge is 0.224 e. The van der Waals surface area contributed by atoms with Gasteiger partial charge in [-0.15, -0.1) is 23.5 Å². The molecule has 116 valence electrons. The van der Waals surface area contributed by atoms with Gasteiger partial charge >= 0.3 is 0 Å². The van der Waals surface area contributed by atoms with Crippen LogP contribution in [0.4, 0.5) is 0 Å². The van der Waals surface area contributed by atoms with Crippen molar-refractivity contribution >= 4 is 29.4 Å². The van der Waals surface area contributed by atoms with E-state index in [9.17, 15) is 4.79 Å². The summed E-state index contributed by atoms with van der Waals surface area (Å²) in [4.78, 5) is 14.7. The minimum Gasteiger partial charge on any atom is -0.343 e. The van der Waals surface area contributed by atoms with E-state index in [0.29, 0.717) is 5.92 Å². The number of hydrogen-bond acceptors (Lipinski definition) is 4. The molecule has 1 aliphatic carbocycles. The summed E-state index contributed by atoms with van der Waals surface area (Å²) >= 11 is 3.54. The van der Waals surface area contributed by atoms with Gasteiger partial charge in [-0.2, -0.15) is 5.26 Å². The molecule has 1 N–H and O–H groups in total. The molecule has 1 amide bonds. The zero-order valence-electron chi connectivity index (χ0n) is 12.6. The second-order valence-electron chi connectivity index (χ2n) is 5.17. The van der Waals surface area contributed by atoms with Gasteiger partial charge in [0.15, 0.2) is 0 Å². The molecule has 0 unspecified atom stereocenters. The molecule has 2 rings (SSSR count). The molecule has 1 aromatic carbocycles. The molecular weight excluding hydrogens is 312 g/mol. The van der Waals surface area contributed by atoms with Crippen LogP contribution in [0.3, 0.4) is 0 Å². The molecule has 0 spiro atoms. The molecule has 22 heavy (non-hydrogen) atoms. The van der Waals surface area contributed by atoms with Crippen molar-refractivity contribution in [3.8, 4) is 6.07 Å². The van der Waals surface area contributed by atoms with Crippen LogP contribution in [0, 0.1) is 23.2 Å². The minimum absolute atomic E-state index is 0.00855. The molecule has 0 saturated heterocycles. The van der Waals surface area contributed by atoms with Crippen molar-refractivity contribution in [1.82, 2.24) is 5.32 Å². The number of nitrogens with zero attached hydrogens (tertiary/aromatic N) is 1. The average molecular weight is 332 g/mol. The highest BCUT2D eigenvalue weighted by Gasteiger charge is 2.28. The van der Waals surface area contributed by atoms with Crippen molar-refractivity contribution in [3.05, 3.63) is 36.4 Å². The lowest BCUT2D eigenvalue weighted by atomic mass is 9.83. The van der Waals surface area contributed by atoms with E-state index >= 15 is 0 Å². The van der Waals surface area contributed by atoms with E-state index in [4.69, 9.17) is 5.26 Å². The summed E-state index contributed by atoms with van der Waals surface area (Å²) in [6, 6.07) is 10.5. The van der Waals surface area contributed by atoms with Gasteiger partial charge in [-0.3, -0.25) is 4.79 Å². The van der Waals surface area contributed by atoms with E-state index < -0.39 is 0 Å². The fourth-order valence-electron chi connectivity index (χ4n) is 2.51. The summed E-state index contributed by atoms with van der Waals surface area (Å²) < 4.78 is 0. The zero-order valence-corrected chi connectivity index (χ0v) is 14.3. The van der Waals surface area contributed by atoms with Crippen molar-refractivity contribution in [3.63, 3.8) is 0 Å². The molecule has 0 radical (unpaired) electrons. The van der Waals surface area contributed by atoms with Crippen LogP contribution >= 0.6 is 23.5 Å². The minimum atomic E-state index is -0.0173. The third-order valence-electron chi connectivity index (χ3n) is 3.77. The summed E-state index contributed by atoms with van der Waals surface area (Å²) in [6.07, 6.45) is 8.01. The molecule has 0 heterocycles. The third kappa shape index (κ3) is 4.82. The van der Waals surface area contributed by atoms with Crippen molar-refractivity contribution in [1.29, 1.82) is 5.26 Å². The maximum Gasteiger partial charge on any atom is 0.224 e. The van der Waals surface area contributed by atoms with E-state index in [0.717, 1.165) is 18.6 Å². The number of carbonyl (C=O) groups is 1. The molecule has 1 aliphatic rings. The Labute approximate surface area is 140 Å². The summed E-state index contributed by atoms with van der Waals surface area (Å²) in [5.41, 5.74) is 0. The largest absolute Gasteiger partial charge is 0.343 e. The van der Waals surface area contributed by atoms with E-state index in [1.54, 1.807) is 23.5 Å². The fourth-order valence-corrected chi connectivity index (χ4v) is 4.02. The van der Waals surface area contributed by atoms with Crippen molar-refractivity contribution in [2.24, 2.45) is 11.8 Å². The second kappa shape index (κ2) is 8.92. The first-order valence-corrected chi connectivity index (χ1v) is 9.52. The molecule has 0 aliphatic heterocycles. The highest BCUT2D eigenvalue weighted by atomic mass is 32.2. The number of nitrogens with one attached hydrogen (secondary N) is 1. The SMILES string of the molecule is CSc1ccc(SC[C@H]2CC=CC[C@@H]2C(=O)NCC#N)cc1. The van der Waals surface area contributed by atoms with Gasteiger partial charge in [0.05, 0.1) is 6.07 Å². The second-order valence-corrected chi connectivity index (χ2v) is 7.14. The Balaban J connectivity index is 1.92. The number of hydrogen-bond donors (Lipinski definition) is 1. The summed E-state index contributed by atoms with van der Waals surface area (Å²) in [5.74, 6) is 1.24. The number of carbonyl (C=O) groups excluding carboxylic acids is 1. The standard InChI is InChI=1S/C17H20N2OS2/c1-21-14-6-8-15(9-7-14)22-12-13-4-2-3-5-16(13)17(20)19-11-10-18/h2-3,6-9,13,16H,4-5,11-12H2,1H3,(H,19,20)/t13-,16+/m1/s1. The highest BCUT2D eigenvalue weighted by molar-refractivity contribution is 7.99. The van der Waals surface area contributed by atoms with Gasteiger partial charge in [-0.05, 0) is 49.3 Å². The first kappa shape index (κ1) is 17.0. The van der Waals surface area contributed by atoms with Crippen LogP contribution in [0.15, 0.2) is 46.2 Å². The molecule has 5 heteroatoms. The molecule has 2 atom stereocenters. The van der Waals surface area contributed by atoms with Gasteiger partial charge < -0.3 is 5.32 Å². The Morgan fingerprint density at radius 1 is 1.27 bits per heavy atom. The summed E-state index contributed by atoms with van der Waals surface area (Å²) in [7, 11) is 0. The third-order valence-corrected chi connectivity index (χ3v) is 5.71. The molecule has 0 bridgehead atoms. The van der Waals surface area contributed by atoms with E-state index in [-0.39, 0.29) is 18.4 Å². The van der Waals surface area contributed by atoms with Gasteiger partial charge in [0.25, 0.3) is 0 Å². The first-order valence-electron chi connectivity index (χ1n) is 7.31. The number of rotatable bonds is 6. The molecule has 0 saturated carbocycles. The number of amides is 1. The molecule has 0 fully saturated rings. The van der Waals surface area contributed by atoms with Crippen LogP contribution in [0.5, 0.6) is 0 Å². The maximum absolute atomic E-state index is 12.2. The summed E-state index contributed by atoms with van der Waals surface area (Å²) in [6.45, 7) is 0.0923. The van der Waals surface area contributed by atoms with Crippen LogP contribution in [0.1, 0.15) is 12.8 Å². The Bertz CT molecular complexity index is 563. The van der Waals surface area contributed by atoms with E-state index in [1.165, 1.54) is 9.79 Å². The zero-order chi connectivity index (χ0) is 15.8. The molecule has 1 aromatic rings. The van der Waals surface area contributed by atoms with Gasteiger partial charge in [-0.25, -0.2) is 0 Å². The van der Waals surface area contributed by atoms with E-state index in [2.05, 4.69) is 48.0 Å². The van der Waals surface area contributed by atoms with Crippen LogP contribution in [-0.4, -0.2) is 24.5 Å². The van der Waals surface area contributed by atoms with Crippen LogP contribution in [0.25, 0.3) is 0 Å². The summed E-state index contributed by atoms with van der Waals surface area (Å²) in [5, 5.41) is 11.3. The molecular formula is C17H20N2OS2. The van der Waals surface area contributed by atoms with Crippen LogP contribution in [-0.2, 0) is 4.79 Å². The number of allylic oxidation sites excluding steroid dienone is 2. The van der Waals surface area contributed by atoms with E-state index in [1.807, 2.05) is 6.07 Å². The monoisotopic (exact) mass is 332 g/mol. The van der Waals surface area contributed by atoms with Gasteiger partial charge in [0, 0.05) is 21.5 Å². The van der Waals surface area contributed by atoms with Crippen LogP contribution in [0.2, 0.25) is 0 Å². The normalized spacial score (nSPS) is 20.4. The van der Waals surface area contributed by atoms with Crippen molar-refractivity contribution < 1.29 is 4.79 Å². The number of nitriles is 1. The topological polar surface area (TPSA) is 52.9 Å². The van der Waals surface area contributed by atoms with Gasteiger partial charge in [0.2, 0.25) is 5.91 Å². The lowest BCUT2D eigenvalue weighted by Gasteiger charge is -2.27. The quantitative estimate of drug-likeness (QED) is 0.490. The molecule has 3 nitrogen and oxygen atoms in total. The van der Waals surface area contributed by atoms with Crippen molar-refractivity contribution in [2.75, 3.05) is 18.6 Å². The maximum atomic E-state index is 12.2. The predicted octanol–water partition coefficient (Wildman–Crippen LogP) is 3.72. The van der Waals surface area contributed by atoms with Crippen molar-refractivity contribution in [2.45, 2.75) is 22.6 Å². The number of thioether (sulfide) groups is 2. The van der Waals surface area contributed by atoms with Crippen LogP contribution < -0.4 is 5.32 Å². The lowest BCUT2D eigenvalue weighted by molar-refractivity contribution is -0.126. The highest BCUT2D eigenvalue weighted by Crippen LogP contribution is 2.32. The fraction of sp³-hybridized carbons (Fsp3) is 0.412. The average Bonchev–Trinajstić information content (AvgIpc) is 2.58. The Morgan fingerprint density at radius 3 is 2.64 bits per heavy atom. The lowest BCUT2D eigenvalue weighted by Crippen LogP contribution is -2.36. The Hall–Kier alpha value is -1.38. The predicted molar refractivity (Wildman–Crippen MR) is 92.9 cm³/mol. The Morgan fingerprint density at radius 2 is 1.95 bits per heavy atom. The number of benzene rings is 1. The first-order chi connectivity index (χ1) is 10.7. The Kier molecular flexibility index (Phi) is 6.88. The van der Waals surface area contributed by atoms with Gasteiger partial charge in [0.1, 0.15) is 6.54 Å². The molecule has 0 aromatic heterocycles. The van der Waals surface area contributed by atoms with Gasteiger partial charge in [-0.1, -0.05) is 12.2 Å².